The van der Waals surface area contributed by atoms with E-state index in [4.69, 9.17) is 23.2 Å². The summed E-state index contributed by atoms with van der Waals surface area (Å²) in [5, 5.41) is 12.6. The molecule has 134 valence electrons. The summed E-state index contributed by atoms with van der Waals surface area (Å²) in [4.78, 5) is 12.2. The quantitative estimate of drug-likeness (QED) is 0.616. The van der Waals surface area contributed by atoms with Gasteiger partial charge in [-0.1, -0.05) is 64.8 Å². The molecule has 0 radical (unpaired) electrons. The maximum absolute atomic E-state index is 12.2. The predicted octanol–water partition coefficient (Wildman–Crippen LogP) is 4.83. The summed E-state index contributed by atoms with van der Waals surface area (Å²) in [6.45, 7) is 2.03. The van der Waals surface area contributed by atoms with Crippen molar-refractivity contribution >= 4 is 46.6 Å². The Hall–Kier alpha value is -2.02. The van der Waals surface area contributed by atoms with Crippen LogP contribution in [-0.2, 0) is 11.8 Å². The number of aryl methyl sites for hydroxylation is 1. The van der Waals surface area contributed by atoms with E-state index in [-0.39, 0.29) is 11.7 Å². The molecule has 0 saturated carbocycles. The second-order valence-corrected chi connectivity index (χ2v) is 7.40. The van der Waals surface area contributed by atoms with Crippen molar-refractivity contribution < 1.29 is 4.79 Å². The van der Waals surface area contributed by atoms with Gasteiger partial charge in [0.15, 0.2) is 11.0 Å². The third kappa shape index (κ3) is 4.20. The molecule has 0 aliphatic heterocycles. The van der Waals surface area contributed by atoms with Crippen LogP contribution in [0.25, 0.3) is 11.4 Å². The van der Waals surface area contributed by atoms with Gasteiger partial charge in [-0.05, 0) is 25.1 Å². The van der Waals surface area contributed by atoms with Crippen LogP contribution in [0, 0.1) is 6.92 Å². The molecule has 1 heterocycles. The monoisotopic (exact) mass is 406 g/mol. The smallest absolute Gasteiger partial charge is 0.234 e. The molecule has 0 aliphatic carbocycles. The van der Waals surface area contributed by atoms with Crippen LogP contribution in [0.2, 0.25) is 10.0 Å². The Labute approximate surface area is 165 Å². The number of hydrogen-bond donors (Lipinski definition) is 1. The Morgan fingerprint density at radius 1 is 1.19 bits per heavy atom. The molecule has 0 spiro atoms. The largest absolute Gasteiger partial charge is 0.324 e. The molecular weight excluding hydrogens is 391 g/mol. The number of nitrogens with one attached hydrogen (secondary N) is 1. The first-order chi connectivity index (χ1) is 12.5. The zero-order chi connectivity index (χ0) is 18.7. The predicted molar refractivity (Wildman–Crippen MR) is 107 cm³/mol. The molecule has 0 saturated heterocycles. The second kappa shape index (κ2) is 8.12. The van der Waals surface area contributed by atoms with Gasteiger partial charge in [0.25, 0.3) is 0 Å². The fourth-order valence-corrected chi connectivity index (χ4v) is 3.45. The van der Waals surface area contributed by atoms with E-state index in [0.717, 1.165) is 17.0 Å². The highest BCUT2D eigenvalue weighted by molar-refractivity contribution is 7.99. The molecule has 0 unspecified atom stereocenters. The lowest BCUT2D eigenvalue weighted by atomic mass is 10.1. The summed E-state index contributed by atoms with van der Waals surface area (Å²) in [7, 11) is 1.88. The molecular formula is C18H16Cl2N4OS. The first-order valence-corrected chi connectivity index (χ1v) is 9.53. The number of hydrogen-bond acceptors (Lipinski definition) is 4. The Bertz CT molecular complexity index is 958. The van der Waals surface area contributed by atoms with Gasteiger partial charge in [-0.2, -0.15) is 0 Å². The number of thioether (sulfide) groups is 1. The lowest BCUT2D eigenvalue weighted by Gasteiger charge is -2.08. The van der Waals surface area contributed by atoms with Crippen molar-refractivity contribution in [2.24, 2.45) is 7.05 Å². The molecule has 1 N–H and O–H groups in total. The number of benzene rings is 2. The lowest BCUT2D eigenvalue weighted by molar-refractivity contribution is -0.113. The molecule has 0 fully saturated rings. The maximum Gasteiger partial charge on any atom is 0.234 e. The highest BCUT2D eigenvalue weighted by atomic mass is 35.5. The minimum absolute atomic E-state index is 0.183. The Kier molecular flexibility index (Phi) is 5.86. The molecule has 8 heteroatoms. The molecule has 1 aromatic heterocycles. The number of halogens is 2. The molecule has 26 heavy (non-hydrogen) atoms. The SMILES string of the molecule is Cc1cccc(-c2nnc(SCC(=O)Nc3cccc(Cl)c3Cl)n2C)c1. The van der Waals surface area contributed by atoms with Crippen molar-refractivity contribution in [2.45, 2.75) is 12.1 Å². The van der Waals surface area contributed by atoms with E-state index in [9.17, 15) is 4.79 Å². The maximum atomic E-state index is 12.2. The minimum Gasteiger partial charge on any atom is -0.324 e. The van der Waals surface area contributed by atoms with Gasteiger partial charge in [0.05, 0.1) is 21.5 Å². The van der Waals surface area contributed by atoms with Gasteiger partial charge in [-0.3, -0.25) is 4.79 Å². The molecule has 0 bridgehead atoms. The van der Waals surface area contributed by atoms with Crippen molar-refractivity contribution in [3.05, 3.63) is 58.1 Å². The third-order valence-electron chi connectivity index (χ3n) is 3.67. The number of carbonyl (C=O) groups is 1. The summed E-state index contributed by atoms with van der Waals surface area (Å²) < 4.78 is 1.87. The van der Waals surface area contributed by atoms with E-state index < -0.39 is 0 Å². The summed E-state index contributed by atoms with van der Waals surface area (Å²) in [5.41, 5.74) is 2.63. The number of aromatic nitrogens is 3. The van der Waals surface area contributed by atoms with Crippen LogP contribution in [0.15, 0.2) is 47.6 Å². The zero-order valence-electron chi connectivity index (χ0n) is 14.2. The summed E-state index contributed by atoms with van der Waals surface area (Å²) in [6, 6.07) is 13.1. The molecule has 1 amide bonds. The number of anilines is 1. The third-order valence-corrected chi connectivity index (χ3v) is 5.51. The van der Waals surface area contributed by atoms with Gasteiger partial charge in [-0.15, -0.1) is 10.2 Å². The standard InChI is InChI=1S/C18H16Cl2N4OS/c1-11-5-3-6-12(9-11)17-22-23-18(24(17)2)26-10-15(25)21-14-8-4-7-13(19)16(14)20/h3-9H,10H2,1-2H3,(H,21,25). The van der Waals surface area contributed by atoms with Gasteiger partial charge in [0, 0.05) is 12.6 Å². The average Bonchev–Trinajstić information content (AvgIpc) is 2.98. The summed E-state index contributed by atoms with van der Waals surface area (Å²) >= 11 is 13.3. The fourth-order valence-electron chi connectivity index (χ4n) is 2.39. The van der Waals surface area contributed by atoms with Crippen molar-refractivity contribution in [3.63, 3.8) is 0 Å². The van der Waals surface area contributed by atoms with Crippen molar-refractivity contribution in [1.29, 1.82) is 0 Å². The average molecular weight is 407 g/mol. The van der Waals surface area contributed by atoms with E-state index in [0.29, 0.717) is 20.9 Å². The van der Waals surface area contributed by atoms with Gasteiger partial charge in [-0.25, -0.2) is 0 Å². The van der Waals surface area contributed by atoms with E-state index in [1.165, 1.54) is 11.8 Å². The minimum atomic E-state index is -0.195. The normalized spacial score (nSPS) is 10.8. The first kappa shape index (κ1) is 18.8. The Balaban J connectivity index is 1.67. The van der Waals surface area contributed by atoms with Crippen LogP contribution in [0.3, 0.4) is 0 Å². The molecule has 0 atom stereocenters. The number of rotatable bonds is 5. The number of nitrogens with zero attached hydrogens (tertiary/aromatic N) is 3. The van der Waals surface area contributed by atoms with Crippen LogP contribution in [-0.4, -0.2) is 26.4 Å². The van der Waals surface area contributed by atoms with E-state index in [1.54, 1.807) is 18.2 Å². The Morgan fingerprint density at radius 2 is 1.96 bits per heavy atom. The van der Waals surface area contributed by atoms with Gasteiger partial charge >= 0.3 is 0 Å². The zero-order valence-corrected chi connectivity index (χ0v) is 16.5. The topological polar surface area (TPSA) is 59.8 Å². The highest BCUT2D eigenvalue weighted by Crippen LogP contribution is 2.30. The van der Waals surface area contributed by atoms with Gasteiger partial charge in [0.1, 0.15) is 0 Å². The van der Waals surface area contributed by atoms with Crippen LogP contribution in [0.5, 0.6) is 0 Å². The van der Waals surface area contributed by atoms with Crippen LogP contribution < -0.4 is 5.32 Å². The van der Waals surface area contributed by atoms with E-state index in [1.807, 2.05) is 42.8 Å². The second-order valence-electron chi connectivity index (χ2n) is 5.67. The molecule has 5 nitrogen and oxygen atoms in total. The highest BCUT2D eigenvalue weighted by Gasteiger charge is 2.14. The number of carbonyl (C=O) groups excluding carboxylic acids is 1. The van der Waals surface area contributed by atoms with Crippen LogP contribution in [0.1, 0.15) is 5.56 Å². The molecule has 2 aromatic carbocycles. The lowest BCUT2D eigenvalue weighted by Crippen LogP contribution is -2.14. The van der Waals surface area contributed by atoms with E-state index >= 15 is 0 Å². The first-order valence-electron chi connectivity index (χ1n) is 7.79. The van der Waals surface area contributed by atoms with Gasteiger partial charge < -0.3 is 9.88 Å². The van der Waals surface area contributed by atoms with Crippen LogP contribution in [0.4, 0.5) is 5.69 Å². The van der Waals surface area contributed by atoms with Crippen LogP contribution >= 0.6 is 35.0 Å². The number of amides is 1. The van der Waals surface area contributed by atoms with Crippen molar-refractivity contribution in [2.75, 3.05) is 11.1 Å². The summed E-state index contributed by atoms with van der Waals surface area (Å²) in [5.74, 6) is 0.747. The van der Waals surface area contributed by atoms with Crippen molar-refractivity contribution in [1.82, 2.24) is 14.8 Å². The van der Waals surface area contributed by atoms with E-state index in [2.05, 4.69) is 15.5 Å². The molecule has 3 aromatic rings. The summed E-state index contributed by atoms with van der Waals surface area (Å²) in [6.07, 6.45) is 0. The van der Waals surface area contributed by atoms with Gasteiger partial charge in [0.2, 0.25) is 5.91 Å². The van der Waals surface area contributed by atoms with Crippen molar-refractivity contribution in [3.8, 4) is 11.4 Å². The molecule has 0 aliphatic rings. The molecule has 3 rings (SSSR count). The Morgan fingerprint density at radius 3 is 2.73 bits per heavy atom. The fraction of sp³-hybridized carbons (Fsp3) is 0.167.